The number of nitrogens with zero attached hydrogens (tertiary/aromatic N) is 4. The van der Waals surface area contributed by atoms with Gasteiger partial charge in [0.05, 0.1) is 11.6 Å². The summed E-state index contributed by atoms with van der Waals surface area (Å²) in [5.41, 5.74) is 2.79. The molecule has 1 atom stereocenters. The molecule has 0 aliphatic carbocycles. The average Bonchev–Trinajstić information content (AvgIpc) is 3.26. The molecule has 0 saturated heterocycles. The molecule has 118 valence electrons. The quantitative estimate of drug-likeness (QED) is 0.723. The van der Waals surface area contributed by atoms with Gasteiger partial charge in [0.25, 0.3) is 0 Å². The van der Waals surface area contributed by atoms with Crippen LogP contribution in [0.4, 0.5) is 0 Å². The first kappa shape index (κ1) is 15.4. The molecule has 0 fully saturated rings. The minimum atomic E-state index is 0.0127. The second-order valence-electron chi connectivity index (χ2n) is 5.33. The first-order chi connectivity index (χ1) is 11.2. The maximum absolute atomic E-state index is 12.6. The lowest BCUT2D eigenvalue weighted by Gasteiger charge is -2.24. The molecule has 1 unspecified atom stereocenters. The Kier molecular flexibility index (Phi) is 4.52. The number of hydrogen-bond donors (Lipinski definition) is 0. The predicted molar refractivity (Wildman–Crippen MR) is 91.0 cm³/mol. The molecule has 1 amide bonds. The van der Waals surface area contributed by atoms with Crippen LogP contribution in [0.1, 0.15) is 17.8 Å². The van der Waals surface area contributed by atoms with Crippen molar-refractivity contribution >= 4 is 17.2 Å². The third-order valence-corrected chi connectivity index (χ3v) is 4.84. The van der Waals surface area contributed by atoms with Crippen LogP contribution in [0.5, 0.6) is 0 Å². The number of benzene rings is 1. The maximum Gasteiger partial charge on any atom is 0.242 e. The first-order valence-electron chi connectivity index (χ1n) is 7.37. The Morgan fingerprint density at radius 3 is 2.83 bits per heavy atom. The SMILES string of the molecule is CC(c1cncs1)N(C)C(=O)Cn1ccnc1-c1ccccc1. The highest BCUT2D eigenvalue weighted by atomic mass is 32.1. The van der Waals surface area contributed by atoms with Gasteiger partial charge in [-0.25, -0.2) is 4.98 Å². The van der Waals surface area contributed by atoms with Crippen LogP contribution in [0.15, 0.2) is 54.4 Å². The molecule has 0 aliphatic heterocycles. The van der Waals surface area contributed by atoms with Crippen LogP contribution in [0.2, 0.25) is 0 Å². The zero-order chi connectivity index (χ0) is 16.2. The lowest BCUT2D eigenvalue weighted by molar-refractivity contribution is -0.132. The van der Waals surface area contributed by atoms with Crippen molar-refractivity contribution in [1.29, 1.82) is 0 Å². The topological polar surface area (TPSA) is 51.0 Å². The number of imidazole rings is 1. The highest BCUT2D eigenvalue weighted by molar-refractivity contribution is 7.09. The average molecular weight is 326 g/mol. The van der Waals surface area contributed by atoms with Crippen molar-refractivity contribution in [3.63, 3.8) is 0 Å². The van der Waals surface area contributed by atoms with E-state index in [1.54, 1.807) is 27.9 Å². The maximum atomic E-state index is 12.6. The predicted octanol–water partition coefficient (Wildman–Crippen LogP) is 3.23. The van der Waals surface area contributed by atoms with Gasteiger partial charge in [-0.05, 0) is 6.92 Å². The molecule has 0 radical (unpaired) electrons. The van der Waals surface area contributed by atoms with Crippen LogP contribution in [0.3, 0.4) is 0 Å². The van der Waals surface area contributed by atoms with Crippen molar-refractivity contribution in [2.45, 2.75) is 19.5 Å². The number of aromatic nitrogens is 3. The summed E-state index contributed by atoms with van der Waals surface area (Å²) in [6.07, 6.45) is 5.37. The van der Waals surface area contributed by atoms with E-state index in [0.717, 1.165) is 16.3 Å². The van der Waals surface area contributed by atoms with Gasteiger partial charge in [0, 0.05) is 36.1 Å². The summed E-state index contributed by atoms with van der Waals surface area (Å²) in [5.74, 6) is 0.846. The second kappa shape index (κ2) is 6.75. The fourth-order valence-electron chi connectivity index (χ4n) is 2.38. The van der Waals surface area contributed by atoms with Crippen molar-refractivity contribution in [2.75, 3.05) is 7.05 Å². The Bertz CT molecular complexity index is 767. The molecule has 2 heterocycles. The van der Waals surface area contributed by atoms with Gasteiger partial charge in [-0.3, -0.25) is 9.78 Å². The molecule has 1 aromatic carbocycles. The molecule has 3 rings (SSSR count). The second-order valence-corrected chi connectivity index (χ2v) is 6.25. The molecule has 0 bridgehead atoms. The fraction of sp³-hybridized carbons (Fsp3) is 0.235. The molecule has 6 heteroatoms. The minimum absolute atomic E-state index is 0.0127. The monoisotopic (exact) mass is 326 g/mol. The highest BCUT2D eigenvalue weighted by Crippen LogP contribution is 2.23. The number of amides is 1. The Morgan fingerprint density at radius 2 is 2.13 bits per heavy atom. The summed E-state index contributed by atoms with van der Waals surface area (Å²) in [4.78, 5) is 23.9. The lowest BCUT2D eigenvalue weighted by atomic mass is 10.2. The number of carbonyl (C=O) groups excluding carboxylic acids is 1. The summed E-state index contributed by atoms with van der Waals surface area (Å²) in [5, 5.41) is 0. The smallest absolute Gasteiger partial charge is 0.242 e. The molecule has 23 heavy (non-hydrogen) atoms. The van der Waals surface area contributed by atoms with Crippen LogP contribution in [-0.2, 0) is 11.3 Å². The molecule has 2 aromatic heterocycles. The van der Waals surface area contributed by atoms with E-state index in [4.69, 9.17) is 0 Å². The van der Waals surface area contributed by atoms with Crippen LogP contribution in [0, 0.1) is 0 Å². The van der Waals surface area contributed by atoms with E-state index in [1.165, 1.54) is 0 Å². The summed E-state index contributed by atoms with van der Waals surface area (Å²) in [6.45, 7) is 2.28. The summed E-state index contributed by atoms with van der Waals surface area (Å²) in [6, 6.07) is 9.90. The van der Waals surface area contributed by atoms with Gasteiger partial charge in [-0.2, -0.15) is 0 Å². The molecule has 3 aromatic rings. The third-order valence-electron chi connectivity index (χ3n) is 3.89. The highest BCUT2D eigenvalue weighted by Gasteiger charge is 2.19. The van der Waals surface area contributed by atoms with Gasteiger partial charge < -0.3 is 9.47 Å². The molecule has 0 spiro atoms. The largest absolute Gasteiger partial charge is 0.337 e. The van der Waals surface area contributed by atoms with Gasteiger partial charge in [0.1, 0.15) is 12.4 Å². The first-order valence-corrected chi connectivity index (χ1v) is 8.25. The number of thiazole rings is 1. The van der Waals surface area contributed by atoms with Gasteiger partial charge in [0.15, 0.2) is 0 Å². The number of carbonyl (C=O) groups is 1. The van der Waals surface area contributed by atoms with E-state index >= 15 is 0 Å². The van der Waals surface area contributed by atoms with Crippen LogP contribution in [0.25, 0.3) is 11.4 Å². The Morgan fingerprint density at radius 1 is 1.35 bits per heavy atom. The molecular formula is C17H18N4OS. The molecule has 0 aliphatic rings. The van der Waals surface area contributed by atoms with Crippen LogP contribution >= 0.6 is 11.3 Å². The Balaban J connectivity index is 1.75. The lowest BCUT2D eigenvalue weighted by Crippen LogP contribution is -2.32. The van der Waals surface area contributed by atoms with Gasteiger partial charge in [-0.15, -0.1) is 11.3 Å². The fourth-order valence-corrected chi connectivity index (χ4v) is 3.10. The summed E-state index contributed by atoms with van der Waals surface area (Å²) < 4.78 is 1.88. The van der Waals surface area contributed by atoms with Crippen LogP contribution in [-0.4, -0.2) is 32.4 Å². The number of rotatable bonds is 5. The van der Waals surface area contributed by atoms with E-state index in [2.05, 4.69) is 9.97 Å². The standard InChI is InChI=1S/C17H18N4OS/c1-13(15-10-18-12-23-15)20(2)16(22)11-21-9-8-19-17(21)14-6-4-3-5-7-14/h3-10,12-13H,11H2,1-2H3. The van der Waals surface area contributed by atoms with Gasteiger partial charge in [-0.1, -0.05) is 30.3 Å². The van der Waals surface area contributed by atoms with Crippen molar-refractivity contribution in [1.82, 2.24) is 19.4 Å². The zero-order valence-electron chi connectivity index (χ0n) is 13.1. The van der Waals surface area contributed by atoms with Gasteiger partial charge >= 0.3 is 0 Å². The molecule has 5 nitrogen and oxygen atoms in total. The third kappa shape index (κ3) is 3.32. The van der Waals surface area contributed by atoms with Crippen molar-refractivity contribution in [2.24, 2.45) is 0 Å². The molecule has 0 saturated carbocycles. The van der Waals surface area contributed by atoms with E-state index < -0.39 is 0 Å². The van der Waals surface area contributed by atoms with E-state index in [-0.39, 0.29) is 18.5 Å². The van der Waals surface area contributed by atoms with E-state index in [9.17, 15) is 4.79 Å². The Labute approximate surface area is 139 Å². The van der Waals surface area contributed by atoms with Crippen LogP contribution < -0.4 is 0 Å². The normalized spacial score (nSPS) is 12.1. The Hall–Kier alpha value is -2.47. The van der Waals surface area contributed by atoms with Crippen molar-refractivity contribution in [3.05, 3.63) is 59.3 Å². The summed E-state index contributed by atoms with van der Waals surface area (Å²) >= 11 is 1.56. The zero-order valence-corrected chi connectivity index (χ0v) is 13.9. The van der Waals surface area contributed by atoms with Gasteiger partial charge in [0.2, 0.25) is 5.91 Å². The van der Waals surface area contributed by atoms with E-state index in [0.29, 0.717) is 0 Å². The number of hydrogen-bond acceptors (Lipinski definition) is 4. The van der Waals surface area contributed by atoms with Crippen molar-refractivity contribution < 1.29 is 4.79 Å². The number of likely N-dealkylation sites (N-methyl/N-ethyl adjacent to an activating group) is 1. The summed E-state index contributed by atoms with van der Waals surface area (Å²) in [7, 11) is 1.83. The molecule has 0 N–H and O–H groups in total. The van der Waals surface area contributed by atoms with E-state index in [1.807, 2.05) is 61.3 Å². The minimum Gasteiger partial charge on any atom is -0.337 e. The molecular weight excluding hydrogens is 308 g/mol. The van der Waals surface area contributed by atoms with Crippen molar-refractivity contribution in [3.8, 4) is 11.4 Å².